The van der Waals surface area contributed by atoms with E-state index in [1.807, 2.05) is 42.6 Å². The Bertz CT molecular complexity index is 1320. The molecule has 7 nitrogen and oxygen atoms in total. The molecule has 7 heteroatoms. The van der Waals surface area contributed by atoms with Crippen LogP contribution in [-0.4, -0.2) is 56.6 Å². The first-order valence-electron chi connectivity index (χ1n) is 11.8. The number of fused-ring (bicyclic) bond motifs is 1. The second kappa shape index (κ2) is 9.27. The summed E-state index contributed by atoms with van der Waals surface area (Å²) in [5.74, 6) is 1.76. The van der Waals surface area contributed by atoms with Crippen LogP contribution >= 0.6 is 0 Å². The van der Waals surface area contributed by atoms with Crippen LogP contribution in [0, 0.1) is 0 Å². The maximum atomic E-state index is 4.62. The van der Waals surface area contributed by atoms with Crippen LogP contribution < -0.4 is 10.2 Å². The normalized spacial score (nSPS) is 14.6. The van der Waals surface area contributed by atoms with Crippen LogP contribution in [0.3, 0.4) is 0 Å². The fourth-order valence-corrected chi connectivity index (χ4v) is 4.48. The van der Waals surface area contributed by atoms with Crippen LogP contribution in [-0.2, 0) is 7.05 Å². The molecule has 5 rings (SSSR count). The minimum Gasteiger partial charge on any atom is -0.354 e. The number of nitrogens with zero attached hydrogens (tertiary/aromatic N) is 6. The summed E-state index contributed by atoms with van der Waals surface area (Å²) in [6.07, 6.45) is 7.45. The molecule has 1 N–H and O–H groups in total. The second-order valence-corrected chi connectivity index (χ2v) is 9.14. The van der Waals surface area contributed by atoms with Gasteiger partial charge >= 0.3 is 0 Å². The van der Waals surface area contributed by atoms with Crippen LogP contribution in [0.1, 0.15) is 19.4 Å². The minimum absolute atomic E-state index is 0.583. The van der Waals surface area contributed by atoms with Crippen LogP contribution in [0.25, 0.3) is 27.7 Å². The molecule has 0 bridgehead atoms. The van der Waals surface area contributed by atoms with Crippen LogP contribution in [0.5, 0.6) is 0 Å². The highest BCUT2D eigenvalue weighted by atomic mass is 15.3. The fourth-order valence-electron chi connectivity index (χ4n) is 4.48. The number of benzene rings is 1. The zero-order chi connectivity index (χ0) is 23.7. The summed E-state index contributed by atoms with van der Waals surface area (Å²) in [4.78, 5) is 18.3. The molecule has 4 aromatic rings. The molecule has 3 aromatic heterocycles. The number of imidazole rings is 1. The minimum atomic E-state index is 0.583. The summed E-state index contributed by atoms with van der Waals surface area (Å²) < 4.78 is 2.02. The van der Waals surface area contributed by atoms with E-state index in [-0.39, 0.29) is 0 Å². The first-order valence-corrected chi connectivity index (χ1v) is 11.8. The van der Waals surface area contributed by atoms with Crippen molar-refractivity contribution in [3.8, 4) is 11.3 Å². The van der Waals surface area contributed by atoms with Crippen LogP contribution in [0.15, 0.2) is 67.9 Å². The highest BCUT2D eigenvalue weighted by Gasteiger charge is 2.20. The molecule has 0 atom stereocenters. The molecule has 1 saturated heterocycles. The number of aryl methyl sites for hydroxylation is 1. The molecule has 0 saturated carbocycles. The number of piperazine rings is 1. The van der Waals surface area contributed by atoms with Gasteiger partial charge in [0.1, 0.15) is 11.6 Å². The van der Waals surface area contributed by atoms with Gasteiger partial charge in [0.05, 0.1) is 18.2 Å². The molecule has 174 valence electrons. The van der Waals surface area contributed by atoms with E-state index < -0.39 is 0 Å². The zero-order valence-corrected chi connectivity index (χ0v) is 20.1. The maximum absolute atomic E-state index is 4.62. The third kappa shape index (κ3) is 4.52. The molecule has 0 aliphatic carbocycles. The monoisotopic (exact) mass is 453 g/mol. The van der Waals surface area contributed by atoms with Gasteiger partial charge in [0.2, 0.25) is 0 Å². The number of hydrogen-bond acceptors (Lipinski definition) is 6. The van der Waals surface area contributed by atoms with Gasteiger partial charge in [-0.1, -0.05) is 18.7 Å². The summed E-state index contributed by atoms with van der Waals surface area (Å²) >= 11 is 0. The maximum Gasteiger partial charge on any atom is 0.130 e. The Morgan fingerprint density at radius 3 is 2.53 bits per heavy atom. The quantitative estimate of drug-likeness (QED) is 0.459. The second-order valence-electron chi connectivity index (χ2n) is 9.14. The summed E-state index contributed by atoms with van der Waals surface area (Å²) in [5.41, 5.74) is 4.02. The van der Waals surface area contributed by atoms with Gasteiger partial charge in [-0.05, 0) is 43.5 Å². The molecule has 1 aliphatic heterocycles. The van der Waals surface area contributed by atoms with Crippen LogP contribution in [0.2, 0.25) is 0 Å². The summed E-state index contributed by atoms with van der Waals surface area (Å²) in [7, 11) is 2.00. The smallest absolute Gasteiger partial charge is 0.130 e. The van der Waals surface area contributed by atoms with Gasteiger partial charge in [0, 0.05) is 73.9 Å². The lowest BCUT2D eigenvalue weighted by Gasteiger charge is -2.37. The van der Waals surface area contributed by atoms with Crippen molar-refractivity contribution in [2.24, 2.45) is 7.05 Å². The van der Waals surface area contributed by atoms with Gasteiger partial charge in [0.15, 0.2) is 0 Å². The lowest BCUT2D eigenvalue weighted by atomic mass is 10.1. The van der Waals surface area contributed by atoms with Crippen molar-refractivity contribution in [2.75, 3.05) is 36.4 Å². The molecule has 1 aromatic carbocycles. The molecule has 34 heavy (non-hydrogen) atoms. The third-order valence-electron chi connectivity index (χ3n) is 6.58. The summed E-state index contributed by atoms with van der Waals surface area (Å²) in [6.45, 7) is 12.9. The average molecular weight is 454 g/mol. The van der Waals surface area contributed by atoms with Gasteiger partial charge in [0.25, 0.3) is 0 Å². The number of anilines is 2. The first-order chi connectivity index (χ1) is 16.5. The lowest BCUT2D eigenvalue weighted by molar-refractivity contribution is 0.209. The molecule has 1 fully saturated rings. The molecule has 0 spiro atoms. The topological polar surface area (TPSA) is 62.1 Å². The zero-order valence-electron chi connectivity index (χ0n) is 20.1. The van der Waals surface area contributed by atoms with Gasteiger partial charge in [-0.3, -0.25) is 4.90 Å². The Kier molecular flexibility index (Phi) is 6.02. The molecule has 4 heterocycles. The Morgan fingerprint density at radius 2 is 1.79 bits per heavy atom. The number of aromatic nitrogens is 4. The van der Waals surface area contributed by atoms with Crippen molar-refractivity contribution in [3.63, 3.8) is 0 Å². The van der Waals surface area contributed by atoms with Crippen molar-refractivity contribution in [2.45, 2.75) is 19.9 Å². The van der Waals surface area contributed by atoms with Crippen molar-refractivity contribution in [1.82, 2.24) is 24.4 Å². The van der Waals surface area contributed by atoms with E-state index in [0.717, 1.165) is 71.1 Å². The first kappa shape index (κ1) is 22.1. The molecule has 0 radical (unpaired) electrons. The Labute approximate surface area is 200 Å². The molecule has 0 amide bonds. The van der Waals surface area contributed by atoms with Crippen molar-refractivity contribution < 1.29 is 0 Å². The summed E-state index contributed by atoms with van der Waals surface area (Å²) in [6, 6.07) is 13.1. The summed E-state index contributed by atoms with van der Waals surface area (Å²) in [5, 5.41) is 5.60. The van der Waals surface area contributed by atoms with Gasteiger partial charge < -0.3 is 14.8 Å². The third-order valence-corrected chi connectivity index (χ3v) is 6.58. The number of rotatable bonds is 6. The van der Waals surface area contributed by atoms with E-state index in [1.54, 1.807) is 0 Å². The molecular formula is C27H31N7. The highest BCUT2D eigenvalue weighted by Crippen LogP contribution is 2.26. The largest absolute Gasteiger partial charge is 0.354 e. The molecule has 1 aliphatic rings. The van der Waals surface area contributed by atoms with E-state index in [1.165, 1.54) is 0 Å². The number of pyridine rings is 2. The van der Waals surface area contributed by atoms with E-state index in [4.69, 9.17) is 0 Å². The SMILES string of the molecule is C=C(Nc1cc2cc(-c3cncn3C)ccc2cn1)c1ccnc(N2CCN(C(C)C)CC2)c1. The Morgan fingerprint density at radius 1 is 0.971 bits per heavy atom. The Balaban J connectivity index is 1.32. The van der Waals surface area contributed by atoms with Crippen molar-refractivity contribution in [1.29, 1.82) is 0 Å². The van der Waals surface area contributed by atoms with E-state index in [9.17, 15) is 0 Å². The van der Waals surface area contributed by atoms with E-state index >= 15 is 0 Å². The van der Waals surface area contributed by atoms with Gasteiger partial charge in [-0.2, -0.15) is 0 Å². The predicted octanol–water partition coefficient (Wildman–Crippen LogP) is 4.64. The molecule has 0 unspecified atom stereocenters. The van der Waals surface area contributed by atoms with Crippen LogP contribution in [0.4, 0.5) is 11.6 Å². The number of hydrogen-bond donors (Lipinski definition) is 1. The van der Waals surface area contributed by atoms with Gasteiger partial charge in [-0.15, -0.1) is 0 Å². The van der Waals surface area contributed by atoms with E-state index in [2.05, 4.69) is 80.8 Å². The lowest BCUT2D eigenvalue weighted by Crippen LogP contribution is -2.49. The predicted molar refractivity (Wildman–Crippen MR) is 140 cm³/mol. The van der Waals surface area contributed by atoms with Gasteiger partial charge in [-0.25, -0.2) is 15.0 Å². The number of nitrogens with one attached hydrogen (secondary N) is 1. The average Bonchev–Trinajstić information content (AvgIpc) is 3.29. The van der Waals surface area contributed by atoms with Crippen molar-refractivity contribution >= 4 is 28.1 Å². The van der Waals surface area contributed by atoms with Crippen molar-refractivity contribution in [3.05, 3.63) is 73.5 Å². The standard InChI is InChI=1S/C27H31N7/c1-19(2)33-9-11-34(12-10-33)27-15-21(7-8-29-27)20(3)31-26-14-24-13-22(5-6-23(24)16-30-26)25-17-28-18-32(25)4/h5-8,13-19H,3,9-12H2,1-2,4H3,(H,30,31). The van der Waals surface area contributed by atoms with E-state index in [0.29, 0.717) is 6.04 Å². The highest BCUT2D eigenvalue weighted by molar-refractivity contribution is 5.89. The fraction of sp³-hybridized carbons (Fsp3) is 0.296. The molecular weight excluding hydrogens is 422 g/mol. The Hall–Kier alpha value is -3.71.